The maximum atomic E-state index is 10.9. The molecule has 1 aromatic heterocycles. The van der Waals surface area contributed by atoms with E-state index in [2.05, 4.69) is 50.1 Å². The van der Waals surface area contributed by atoms with Crippen LogP contribution in [0.4, 0.5) is 5.82 Å². The minimum atomic E-state index is 0.180. The molecule has 0 unspecified atom stereocenters. The highest BCUT2D eigenvalue weighted by Crippen LogP contribution is 2.27. The van der Waals surface area contributed by atoms with Gasteiger partial charge in [0.25, 0.3) is 0 Å². The van der Waals surface area contributed by atoms with Gasteiger partial charge in [0.1, 0.15) is 17.9 Å². The number of piperidine rings is 1. The highest BCUT2D eigenvalue weighted by molar-refractivity contribution is 5.54. The quantitative estimate of drug-likeness (QED) is 0.713. The summed E-state index contributed by atoms with van der Waals surface area (Å²) in [4.78, 5) is 24.5. The number of benzene rings is 1. The van der Waals surface area contributed by atoms with E-state index in [-0.39, 0.29) is 5.92 Å². The van der Waals surface area contributed by atoms with E-state index < -0.39 is 0 Å². The molecule has 6 nitrogen and oxygen atoms in total. The van der Waals surface area contributed by atoms with Gasteiger partial charge < -0.3 is 19.3 Å². The number of rotatable bonds is 5. The number of aldehydes is 1. The Balaban J connectivity index is 1.22. The largest absolute Gasteiger partial charge is 0.437 e. The van der Waals surface area contributed by atoms with Crippen LogP contribution >= 0.6 is 0 Å². The van der Waals surface area contributed by atoms with E-state index in [1.165, 1.54) is 16.8 Å². The molecule has 0 amide bonds. The molecule has 2 aliphatic heterocycles. The molecule has 30 heavy (non-hydrogen) atoms. The summed E-state index contributed by atoms with van der Waals surface area (Å²) in [5, 5.41) is 0. The molecule has 5 rings (SSSR count). The molecule has 1 aliphatic carbocycles. The van der Waals surface area contributed by atoms with E-state index in [1.807, 2.05) is 6.07 Å². The number of hydrogen-bond donors (Lipinski definition) is 0. The van der Waals surface area contributed by atoms with Gasteiger partial charge in [0.2, 0.25) is 5.88 Å². The molecule has 3 aliphatic rings. The van der Waals surface area contributed by atoms with E-state index in [1.54, 1.807) is 12.4 Å². The maximum absolute atomic E-state index is 10.9. The lowest BCUT2D eigenvalue weighted by atomic mass is 9.99. The molecule has 1 fully saturated rings. The minimum Gasteiger partial charge on any atom is -0.437 e. The number of nitrogens with zero attached hydrogens (tertiary/aromatic N) is 4. The van der Waals surface area contributed by atoms with Crippen molar-refractivity contribution >= 4 is 12.1 Å². The summed E-state index contributed by atoms with van der Waals surface area (Å²) in [5.74, 6) is 2.33. The second-order valence-corrected chi connectivity index (χ2v) is 8.14. The second-order valence-electron chi connectivity index (χ2n) is 8.14. The van der Waals surface area contributed by atoms with Crippen molar-refractivity contribution in [3.8, 4) is 11.6 Å². The van der Waals surface area contributed by atoms with Crippen molar-refractivity contribution < 1.29 is 9.53 Å². The third kappa shape index (κ3) is 3.95. The predicted molar refractivity (Wildman–Crippen MR) is 116 cm³/mol. The number of ether oxygens (including phenoxy) is 1. The van der Waals surface area contributed by atoms with Gasteiger partial charge in [0, 0.05) is 37.8 Å². The lowest BCUT2D eigenvalue weighted by molar-refractivity contribution is -0.111. The van der Waals surface area contributed by atoms with Crippen molar-refractivity contribution in [2.45, 2.75) is 25.7 Å². The molecule has 0 bridgehead atoms. The van der Waals surface area contributed by atoms with Crippen LogP contribution in [0.1, 0.15) is 24.0 Å². The first kappa shape index (κ1) is 18.9. The van der Waals surface area contributed by atoms with Crippen LogP contribution in [0.5, 0.6) is 11.6 Å². The number of hydrogen-bond acceptors (Lipinski definition) is 6. The SMILES string of the molecule is O=CC1CCN(c2cnc(Oc3ccc4c(c3)CCN(C3=CC=C3)CC4)cn2)CC1. The van der Waals surface area contributed by atoms with Crippen molar-refractivity contribution in [1.82, 2.24) is 14.9 Å². The van der Waals surface area contributed by atoms with Gasteiger partial charge in [-0.25, -0.2) is 9.97 Å². The molecular weight excluding hydrogens is 376 g/mol. The molecule has 0 radical (unpaired) electrons. The Morgan fingerprint density at radius 3 is 2.43 bits per heavy atom. The summed E-state index contributed by atoms with van der Waals surface area (Å²) in [6.45, 7) is 3.77. The number of aromatic nitrogens is 2. The lowest BCUT2D eigenvalue weighted by Gasteiger charge is -2.30. The smallest absolute Gasteiger partial charge is 0.237 e. The van der Waals surface area contributed by atoms with Gasteiger partial charge in [-0.15, -0.1) is 0 Å². The zero-order chi connectivity index (χ0) is 20.3. The number of carbonyl (C=O) groups is 1. The first-order valence-electron chi connectivity index (χ1n) is 10.7. The Morgan fingerprint density at radius 2 is 1.77 bits per heavy atom. The highest BCUT2D eigenvalue weighted by atomic mass is 16.5. The summed E-state index contributed by atoms with van der Waals surface area (Å²) < 4.78 is 5.99. The molecule has 1 aromatic carbocycles. The third-order valence-electron chi connectivity index (χ3n) is 6.27. The second kappa shape index (κ2) is 8.30. The monoisotopic (exact) mass is 402 g/mol. The molecule has 0 N–H and O–H groups in total. The number of allylic oxidation sites excluding steroid dienone is 3. The normalized spacial score (nSPS) is 18.9. The predicted octanol–water partition coefficient (Wildman–Crippen LogP) is 3.54. The Labute approximate surface area is 176 Å². The summed E-state index contributed by atoms with van der Waals surface area (Å²) >= 11 is 0. The zero-order valence-corrected chi connectivity index (χ0v) is 17.0. The maximum Gasteiger partial charge on any atom is 0.237 e. The number of anilines is 1. The minimum absolute atomic E-state index is 0.180. The molecule has 0 saturated carbocycles. The van der Waals surface area contributed by atoms with Gasteiger partial charge in [-0.05, 0) is 61.1 Å². The van der Waals surface area contributed by atoms with Gasteiger partial charge in [-0.3, -0.25) is 0 Å². The summed E-state index contributed by atoms with van der Waals surface area (Å²) in [6.07, 6.45) is 14.8. The molecule has 0 atom stereocenters. The highest BCUT2D eigenvalue weighted by Gasteiger charge is 2.20. The van der Waals surface area contributed by atoms with Gasteiger partial charge in [-0.2, -0.15) is 0 Å². The first-order valence-corrected chi connectivity index (χ1v) is 10.7. The Bertz CT molecular complexity index is 975. The number of fused-ring (bicyclic) bond motifs is 1. The van der Waals surface area contributed by atoms with Gasteiger partial charge >= 0.3 is 0 Å². The van der Waals surface area contributed by atoms with E-state index in [0.29, 0.717) is 5.88 Å². The Hall–Kier alpha value is -3.15. The molecule has 6 heteroatoms. The molecular formula is C24H26N4O2. The van der Waals surface area contributed by atoms with Crippen LogP contribution in [-0.4, -0.2) is 47.3 Å². The lowest BCUT2D eigenvalue weighted by Crippen LogP contribution is -2.34. The van der Waals surface area contributed by atoms with E-state index in [0.717, 1.165) is 69.7 Å². The van der Waals surface area contributed by atoms with E-state index >= 15 is 0 Å². The van der Waals surface area contributed by atoms with Crippen LogP contribution in [0.15, 0.2) is 54.5 Å². The van der Waals surface area contributed by atoms with Crippen molar-refractivity contribution in [3.05, 3.63) is 65.6 Å². The van der Waals surface area contributed by atoms with Crippen molar-refractivity contribution in [1.29, 1.82) is 0 Å². The molecule has 3 heterocycles. The van der Waals surface area contributed by atoms with Gasteiger partial charge in [-0.1, -0.05) is 12.1 Å². The molecule has 0 spiro atoms. The topological polar surface area (TPSA) is 58.6 Å². The van der Waals surface area contributed by atoms with Gasteiger partial charge in [0.15, 0.2) is 0 Å². The summed E-state index contributed by atoms with van der Waals surface area (Å²) in [7, 11) is 0. The van der Waals surface area contributed by atoms with Crippen LogP contribution in [0.2, 0.25) is 0 Å². The van der Waals surface area contributed by atoms with E-state index in [4.69, 9.17) is 4.74 Å². The standard InChI is InChI=1S/C24H26N4O2/c29-17-18-6-10-28(11-7-18)23-15-26-24(16-25-23)30-22-5-4-19-8-12-27(21-2-1-3-21)13-9-20(19)14-22/h1-5,14-18H,6-13H2. The zero-order valence-electron chi connectivity index (χ0n) is 17.0. The Morgan fingerprint density at radius 1 is 0.967 bits per heavy atom. The Kier molecular flexibility index (Phi) is 5.22. The summed E-state index contributed by atoms with van der Waals surface area (Å²) in [6, 6.07) is 6.35. The van der Waals surface area contributed by atoms with E-state index in [9.17, 15) is 4.79 Å². The summed E-state index contributed by atoms with van der Waals surface area (Å²) in [5.41, 5.74) is 4.08. The average Bonchev–Trinajstić information content (AvgIpc) is 2.96. The number of carbonyl (C=O) groups excluding carboxylic acids is 1. The third-order valence-corrected chi connectivity index (χ3v) is 6.27. The fraction of sp³-hybridized carbons (Fsp3) is 0.375. The fourth-order valence-electron chi connectivity index (χ4n) is 4.33. The molecule has 154 valence electrons. The van der Waals surface area contributed by atoms with Crippen molar-refractivity contribution in [2.75, 3.05) is 31.1 Å². The first-order chi connectivity index (χ1) is 14.8. The van der Waals surface area contributed by atoms with Crippen LogP contribution in [0.25, 0.3) is 0 Å². The van der Waals surface area contributed by atoms with Crippen LogP contribution < -0.4 is 9.64 Å². The van der Waals surface area contributed by atoms with Gasteiger partial charge in [0.05, 0.1) is 12.4 Å². The van der Waals surface area contributed by atoms with Crippen LogP contribution in [0, 0.1) is 5.92 Å². The van der Waals surface area contributed by atoms with Crippen LogP contribution in [-0.2, 0) is 17.6 Å². The fourth-order valence-corrected chi connectivity index (χ4v) is 4.33. The van der Waals surface area contributed by atoms with Crippen LogP contribution in [0.3, 0.4) is 0 Å². The van der Waals surface area contributed by atoms with Crippen molar-refractivity contribution in [3.63, 3.8) is 0 Å². The average molecular weight is 402 g/mol. The molecule has 2 aromatic rings. The molecule has 1 saturated heterocycles. The van der Waals surface area contributed by atoms with Crippen molar-refractivity contribution in [2.24, 2.45) is 5.92 Å².